The van der Waals surface area contributed by atoms with E-state index in [0.29, 0.717) is 5.69 Å². The van der Waals surface area contributed by atoms with Gasteiger partial charge in [-0.2, -0.15) is 13.2 Å². The Kier molecular flexibility index (Phi) is 3.97. The van der Waals surface area contributed by atoms with E-state index in [4.69, 9.17) is 0 Å². The number of nitrogens with one attached hydrogen (secondary N) is 1. The first-order valence-electron chi connectivity index (χ1n) is 6.06. The Morgan fingerprint density at radius 2 is 1.85 bits per heavy atom. The zero-order valence-corrected chi connectivity index (χ0v) is 11.6. The van der Waals surface area contributed by atoms with Crippen molar-refractivity contribution < 1.29 is 21.6 Å². The minimum absolute atomic E-state index is 0.227. The zero-order valence-electron chi connectivity index (χ0n) is 10.8. The highest BCUT2D eigenvalue weighted by molar-refractivity contribution is 7.92. The van der Waals surface area contributed by atoms with Gasteiger partial charge in [0.25, 0.3) is 9.84 Å². The molecule has 20 heavy (non-hydrogen) atoms. The number of nitrogens with zero attached hydrogens (tertiary/aromatic N) is 1. The molecule has 8 heteroatoms. The second-order valence-corrected chi connectivity index (χ2v) is 6.81. The average molecular weight is 308 g/mol. The first-order chi connectivity index (χ1) is 9.20. The number of benzene rings is 1. The minimum Gasteiger partial charge on any atom is -0.381 e. The van der Waals surface area contributed by atoms with Crippen molar-refractivity contribution in [3.05, 3.63) is 24.3 Å². The lowest BCUT2D eigenvalue weighted by molar-refractivity contribution is -0.0436. The molecule has 1 heterocycles. The quantitative estimate of drug-likeness (QED) is 0.929. The van der Waals surface area contributed by atoms with Crippen molar-refractivity contribution >= 4 is 15.5 Å². The number of hydrogen-bond donors (Lipinski definition) is 1. The Hall–Kier alpha value is -1.28. The van der Waals surface area contributed by atoms with E-state index in [1.165, 1.54) is 12.1 Å². The second-order valence-electron chi connectivity index (χ2n) is 4.87. The lowest BCUT2D eigenvalue weighted by Gasteiger charge is -2.15. The van der Waals surface area contributed by atoms with Gasteiger partial charge in [0.05, 0.1) is 4.90 Å². The topological polar surface area (TPSA) is 49.4 Å². The normalized spacial score (nSPS) is 21.1. The van der Waals surface area contributed by atoms with Gasteiger partial charge in [0.2, 0.25) is 0 Å². The minimum atomic E-state index is -5.27. The van der Waals surface area contributed by atoms with E-state index in [1.54, 1.807) is 0 Å². The summed E-state index contributed by atoms with van der Waals surface area (Å²) in [6.07, 6.45) is 0.944. The lowest BCUT2D eigenvalue weighted by Crippen LogP contribution is -2.24. The van der Waals surface area contributed by atoms with Gasteiger partial charge in [-0.3, -0.25) is 0 Å². The summed E-state index contributed by atoms with van der Waals surface area (Å²) in [7, 11) is -3.28. The highest BCUT2D eigenvalue weighted by Crippen LogP contribution is 2.30. The van der Waals surface area contributed by atoms with Gasteiger partial charge in [-0.1, -0.05) is 0 Å². The Morgan fingerprint density at radius 3 is 2.30 bits per heavy atom. The summed E-state index contributed by atoms with van der Waals surface area (Å²) in [4.78, 5) is 1.40. The average Bonchev–Trinajstić information content (AvgIpc) is 2.74. The van der Waals surface area contributed by atoms with Crippen LogP contribution in [0.25, 0.3) is 0 Å². The molecule has 4 nitrogen and oxygen atoms in total. The summed E-state index contributed by atoms with van der Waals surface area (Å²) in [5.74, 6) is 0. The number of likely N-dealkylation sites (N-methyl/N-ethyl adjacent to an activating group) is 1. The molecule has 1 fully saturated rings. The van der Waals surface area contributed by atoms with Crippen molar-refractivity contribution in [2.75, 3.05) is 25.5 Å². The van der Waals surface area contributed by atoms with E-state index in [0.717, 1.165) is 31.6 Å². The van der Waals surface area contributed by atoms with Crippen LogP contribution >= 0.6 is 0 Å². The molecule has 0 bridgehead atoms. The van der Waals surface area contributed by atoms with Gasteiger partial charge >= 0.3 is 5.51 Å². The number of sulfone groups is 1. The van der Waals surface area contributed by atoms with Crippen molar-refractivity contribution in [1.82, 2.24) is 4.90 Å². The summed E-state index contributed by atoms with van der Waals surface area (Å²) in [6, 6.07) is 4.90. The van der Waals surface area contributed by atoms with Crippen LogP contribution in [-0.2, 0) is 9.84 Å². The molecule has 0 aromatic heterocycles. The molecule has 1 N–H and O–H groups in total. The number of likely N-dealkylation sites (tertiary alicyclic amines) is 1. The first kappa shape index (κ1) is 15.1. The molecule has 0 aliphatic carbocycles. The van der Waals surface area contributed by atoms with Crippen molar-refractivity contribution in [2.24, 2.45) is 0 Å². The van der Waals surface area contributed by atoms with Crippen molar-refractivity contribution in [3.63, 3.8) is 0 Å². The Labute approximate surface area is 115 Å². The van der Waals surface area contributed by atoms with Crippen LogP contribution in [0.3, 0.4) is 0 Å². The fourth-order valence-corrected chi connectivity index (χ4v) is 2.91. The van der Waals surface area contributed by atoms with Crippen molar-refractivity contribution in [3.8, 4) is 0 Å². The highest BCUT2D eigenvalue weighted by Gasteiger charge is 2.46. The largest absolute Gasteiger partial charge is 0.501 e. The van der Waals surface area contributed by atoms with Gasteiger partial charge in [0.15, 0.2) is 0 Å². The number of anilines is 1. The molecule has 0 radical (unpaired) electrons. The molecule has 1 aliphatic heterocycles. The SMILES string of the molecule is CN1CCC(Nc2ccc(S(=O)(=O)C(F)(F)F)cc2)C1. The van der Waals surface area contributed by atoms with E-state index in [1.807, 2.05) is 7.05 Å². The van der Waals surface area contributed by atoms with Gasteiger partial charge in [-0.05, 0) is 44.3 Å². The van der Waals surface area contributed by atoms with Gasteiger partial charge in [-0.15, -0.1) is 0 Å². The smallest absolute Gasteiger partial charge is 0.381 e. The summed E-state index contributed by atoms with van der Waals surface area (Å²) < 4.78 is 59.5. The second kappa shape index (κ2) is 5.25. The molecule has 1 aromatic rings. The number of rotatable bonds is 3. The Morgan fingerprint density at radius 1 is 1.25 bits per heavy atom. The van der Waals surface area contributed by atoms with Crippen LogP contribution in [0.4, 0.5) is 18.9 Å². The number of halogens is 3. The zero-order chi connectivity index (χ0) is 15.0. The maximum Gasteiger partial charge on any atom is 0.501 e. The van der Waals surface area contributed by atoms with Crippen LogP contribution in [-0.4, -0.2) is 45.0 Å². The fourth-order valence-electron chi connectivity index (χ4n) is 2.15. The molecule has 1 atom stereocenters. The number of hydrogen-bond acceptors (Lipinski definition) is 4. The van der Waals surface area contributed by atoms with E-state index in [9.17, 15) is 21.6 Å². The van der Waals surface area contributed by atoms with Crippen LogP contribution in [0.15, 0.2) is 29.2 Å². The molecule has 0 saturated carbocycles. The molecule has 112 valence electrons. The Balaban J connectivity index is 2.11. The van der Waals surface area contributed by atoms with Crippen LogP contribution in [0.2, 0.25) is 0 Å². The van der Waals surface area contributed by atoms with Crippen LogP contribution < -0.4 is 5.32 Å². The van der Waals surface area contributed by atoms with E-state index in [-0.39, 0.29) is 6.04 Å². The van der Waals surface area contributed by atoms with Gasteiger partial charge in [-0.25, -0.2) is 8.42 Å². The molecule has 1 saturated heterocycles. The van der Waals surface area contributed by atoms with Crippen LogP contribution in [0.5, 0.6) is 0 Å². The standard InChI is InChI=1S/C12H15F3N2O2S/c1-17-7-6-10(8-17)16-9-2-4-11(5-3-9)20(18,19)12(13,14)15/h2-5,10,16H,6-8H2,1H3. The summed E-state index contributed by atoms with van der Waals surface area (Å²) in [5, 5.41) is 3.17. The monoisotopic (exact) mass is 308 g/mol. The summed E-state index contributed by atoms with van der Waals surface area (Å²) in [5.41, 5.74) is -4.65. The third-order valence-electron chi connectivity index (χ3n) is 3.23. The van der Waals surface area contributed by atoms with E-state index >= 15 is 0 Å². The number of alkyl halides is 3. The molecule has 1 unspecified atom stereocenters. The maximum absolute atomic E-state index is 12.4. The van der Waals surface area contributed by atoms with Crippen molar-refractivity contribution in [2.45, 2.75) is 22.9 Å². The Bertz CT molecular complexity index is 569. The molecule has 1 aliphatic rings. The van der Waals surface area contributed by atoms with Crippen molar-refractivity contribution in [1.29, 1.82) is 0 Å². The molecular weight excluding hydrogens is 293 g/mol. The summed E-state index contributed by atoms with van der Waals surface area (Å²) in [6.45, 7) is 1.81. The molecule has 2 rings (SSSR count). The van der Waals surface area contributed by atoms with Gasteiger partial charge < -0.3 is 10.2 Å². The third-order valence-corrected chi connectivity index (χ3v) is 4.73. The van der Waals surface area contributed by atoms with E-state index in [2.05, 4.69) is 10.2 Å². The van der Waals surface area contributed by atoms with Gasteiger partial charge in [0, 0.05) is 18.3 Å². The predicted octanol–water partition coefficient (Wildman–Crippen LogP) is 2.10. The fraction of sp³-hybridized carbons (Fsp3) is 0.500. The van der Waals surface area contributed by atoms with Crippen LogP contribution in [0, 0.1) is 0 Å². The molecule has 0 amide bonds. The predicted molar refractivity (Wildman–Crippen MR) is 69.2 cm³/mol. The first-order valence-corrected chi connectivity index (χ1v) is 7.55. The van der Waals surface area contributed by atoms with Crippen LogP contribution in [0.1, 0.15) is 6.42 Å². The van der Waals surface area contributed by atoms with E-state index < -0.39 is 20.2 Å². The lowest BCUT2D eigenvalue weighted by atomic mass is 10.2. The molecular formula is C12H15F3N2O2S. The molecule has 0 spiro atoms. The third kappa shape index (κ3) is 3.06. The van der Waals surface area contributed by atoms with Gasteiger partial charge in [0.1, 0.15) is 0 Å². The molecule has 1 aromatic carbocycles. The highest BCUT2D eigenvalue weighted by atomic mass is 32.2. The maximum atomic E-state index is 12.4. The summed E-state index contributed by atoms with van der Waals surface area (Å²) >= 11 is 0.